The molecule has 0 aromatic heterocycles. The number of hydrogen-bond donors (Lipinski definition) is 3. The van der Waals surface area contributed by atoms with Crippen LogP contribution in [0.15, 0.2) is 23.8 Å². The predicted molar refractivity (Wildman–Crippen MR) is 103 cm³/mol. The van der Waals surface area contributed by atoms with E-state index >= 15 is 0 Å². The first-order valence-corrected chi connectivity index (χ1v) is 10.0. The number of carboxylic acids is 1. The van der Waals surface area contributed by atoms with E-state index in [1.807, 2.05) is 12.2 Å². The second-order valence-corrected chi connectivity index (χ2v) is 7.33. The number of nitrogens with two attached hydrogens (primary N) is 1. The summed E-state index contributed by atoms with van der Waals surface area (Å²) < 4.78 is 0. The minimum Gasteiger partial charge on any atom is -0.481 e. The quantitative estimate of drug-likeness (QED) is 0.301. The van der Waals surface area contributed by atoms with Crippen LogP contribution in [0.4, 0.5) is 0 Å². The van der Waals surface area contributed by atoms with E-state index in [2.05, 4.69) is 6.08 Å². The Bertz CT molecular complexity index is 417. The molecule has 0 heterocycles. The Kier molecular flexibility index (Phi) is 12.3. The van der Waals surface area contributed by atoms with Gasteiger partial charge in [0.2, 0.25) is 0 Å². The lowest BCUT2D eigenvalue weighted by Crippen LogP contribution is -2.09. The highest BCUT2D eigenvalue weighted by Gasteiger charge is 2.14. The first-order valence-electron chi connectivity index (χ1n) is 10.0. The lowest BCUT2D eigenvalue weighted by Gasteiger charge is -2.06. The van der Waals surface area contributed by atoms with Crippen LogP contribution in [-0.4, -0.2) is 29.3 Å². The van der Waals surface area contributed by atoms with Crippen molar-refractivity contribution in [1.82, 2.24) is 0 Å². The normalized spacial score (nSPS) is 18.6. The highest BCUT2D eigenvalue weighted by molar-refractivity contribution is 5.67. The minimum absolute atomic E-state index is 0.0108. The first kappa shape index (κ1) is 21.9. The van der Waals surface area contributed by atoms with E-state index in [-0.39, 0.29) is 18.9 Å². The van der Waals surface area contributed by atoms with E-state index in [1.54, 1.807) is 5.57 Å². The van der Waals surface area contributed by atoms with Crippen molar-refractivity contribution in [3.63, 3.8) is 0 Å². The van der Waals surface area contributed by atoms with Crippen LogP contribution in [0.5, 0.6) is 0 Å². The molecule has 144 valence electrons. The lowest BCUT2D eigenvalue weighted by atomic mass is 9.99. The zero-order chi connectivity index (χ0) is 18.3. The number of aliphatic hydroxyl groups excluding tert-OH is 1. The van der Waals surface area contributed by atoms with Crippen LogP contribution in [-0.2, 0) is 4.79 Å². The van der Waals surface area contributed by atoms with Crippen LogP contribution in [0.2, 0.25) is 0 Å². The summed E-state index contributed by atoms with van der Waals surface area (Å²) in [5.41, 5.74) is 7.19. The number of aliphatic hydroxyl groups is 1. The van der Waals surface area contributed by atoms with Crippen molar-refractivity contribution >= 4 is 5.97 Å². The molecule has 1 aliphatic rings. The standard InChI is InChI=1S/C21H37NO3/c22-14-13-19-12-11-18(15-19)9-7-5-3-1-2-4-6-8-10-20(17-23)16-21(24)25/h8,10,15,18,20,23H,1-7,9,11-14,16-17,22H2,(H,24,25)/b10-8+/t18-,20-/m0/s1. The summed E-state index contributed by atoms with van der Waals surface area (Å²) in [6, 6.07) is 0. The number of unbranched alkanes of at least 4 members (excludes halogenated alkanes) is 6. The number of aliphatic carboxylic acids is 1. The van der Waals surface area contributed by atoms with Gasteiger partial charge in [-0.2, -0.15) is 0 Å². The monoisotopic (exact) mass is 351 g/mol. The van der Waals surface area contributed by atoms with Gasteiger partial charge in [0.15, 0.2) is 0 Å². The number of rotatable bonds is 15. The van der Waals surface area contributed by atoms with Gasteiger partial charge in [-0.25, -0.2) is 0 Å². The van der Waals surface area contributed by atoms with E-state index in [4.69, 9.17) is 15.9 Å². The van der Waals surface area contributed by atoms with Gasteiger partial charge < -0.3 is 15.9 Å². The fourth-order valence-electron chi connectivity index (χ4n) is 3.57. The summed E-state index contributed by atoms with van der Waals surface area (Å²) in [5, 5.41) is 17.8. The molecular weight excluding hydrogens is 314 g/mol. The van der Waals surface area contributed by atoms with Gasteiger partial charge in [-0.15, -0.1) is 0 Å². The van der Waals surface area contributed by atoms with Crippen molar-refractivity contribution in [2.24, 2.45) is 17.6 Å². The van der Waals surface area contributed by atoms with E-state index in [1.165, 1.54) is 51.4 Å². The van der Waals surface area contributed by atoms with Gasteiger partial charge in [-0.05, 0) is 51.0 Å². The summed E-state index contributed by atoms with van der Waals surface area (Å²) >= 11 is 0. The van der Waals surface area contributed by atoms with Gasteiger partial charge in [0, 0.05) is 12.5 Å². The van der Waals surface area contributed by atoms with Crippen LogP contribution in [0, 0.1) is 11.8 Å². The third kappa shape index (κ3) is 11.2. The molecule has 4 nitrogen and oxygen atoms in total. The Labute approximate surface area is 153 Å². The Morgan fingerprint density at radius 2 is 1.96 bits per heavy atom. The molecule has 0 radical (unpaired) electrons. The molecule has 0 aromatic carbocycles. The molecule has 0 saturated carbocycles. The van der Waals surface area contributed by atoms with E-state index in [9.17, 15) is 4.79 Å². The minimum atomic E-state index is -0.854. The van der Waals surface area contributed by atoms with Crippen molar-refractivity contribution in [2.45, 2.75) is 77.0 Å². The summed E-state index contributed by atoms with van der Waals surface area (Å²) in [6.45, 7) is 0.695. The number of hydrogen-bond acceptors (Lipinski definition) is 3. The third-order valence-electron chi connectivity index (χ3n) is 5.05. The van der Waals surface area contributed by atoms with Crippen molar-refractivity contribution in [3.8, 4) is 0 Å². The summed E-state index contributed by atoms with van der Waals surface area (Å²) in [4.78, 5) is 10.6. The highest BCUT2D eigenvalue weighted by atomic mass is 16.4. The lowest BCUT2D eigenvalue weighted by molar-refractivity contribution is -0.138. The second-order valence-electron chi connectivity index (χ2n) is 7.33. The average Bonchev–Trinajstić information content (AvgIpc) is 3.03. The zero-order valence-electron chi connectivity index (χ0n) is 15.7. The van der Waals surface area contributed by atoms with Crippen LogP contribution in [0.25, 0.3) is 0 Å². The Morgan fingerprint density at radius 3 is 2.64 bits per heavy atom. The van der Waals surface area contributed by atoms with Crippen molar-refractivity contribution < 1.29 is 15.0 Å². The van der Waals surface area contributed by atoms with Gasteiger partial charge in [-0.1, -0.05) is 55.9 Å². The van der Waals surface area contributed by atoms with Crippen molar-refractivity contribution in [2.75, 3.05) is 13.2 Å². The van der Waals surface area contributed by atoms with Crippen LogP contribution in [0.1, 0.15) is 77.0 Å². The molecule has 1 rings (SSSR count). The molecule has 0 aliphatic heterocycles. The molecule has 4 heteroatoms. The van der Waals surface area contributed by atoms with Gasteiger partial charge in [0.1, 0.15) is 0 Å². The zero-order valence-corrected chi connectivity index (χ0v) is 15.7. The molecule has 0 fully saturated rings. The predicted octanol–water partition coefficient (Wildman–Crippen LogP) is 4.43. The van der Waals surface area contributed by atoms with Gasteiger partial charge in [0.25, 0.3) is 0 Å². The molecule has 4 N–H and O–H groups in total. The van der Waals surface area contributed by atoms with Gasteiger partial charge >= 0.3 is 5.97 Å². The molecule has 0 bridgehead atoms. The van der Waals surface area contributed by atoms with Gasteiger partial charge in [-0.3, -0.25) is 4.79 Å². The number of carbonyl (C=O) groups is 1. The topological polar surface area (TPSA) is 83.5 Å². The molecule has 0 amide bonds. The molecule has 0 saturated heterocycles. The summed E-state index contributed by atoms with van der Waals surface area (Å²) in [5.74, 6) is -0.295. The molecular formula is C21H37NO3. The number of carboxylic acid groups (broad SMARTS) is 1. The Hall–Kier alpha value is -1.13. The van der Waals surface area contributed by atoms with Gasteiger partial charge in [0.05, 0.1) is 6.42 Å². The van der Waals surface area contributed by atoms with Crippen LogP contribution in [0.3, 0.4) is 0 Å². The van der Waals surface area contributed by atoms with E-state index in [0.717, 1.165) is 31.7 Å². The molecule has 25 heavy (non-hydrogen) atoms. The van der Waals surface area contributed by atoms with E-state index in [0.29, 0.717) is 0 Å². The molecule has 2 atom stereocenters. The number of allylic oxidation sites excluding steroid dienone is 2. The summed E-state index contributed by atoms with van der Waals surface area (Å²) in [6.07, 6.45) is 20.0. The largest absolute Gasteiger partial charge is 0.481 e. The van der Waals surface area contributed by atoms with E-state index < -0.39 is 5.97 Å². The summed E-state index contributed by atoms with van der Waals surface area (Å²) in [7, 11) is 0. The van der Waals surface area contributed by atoms with Crippen molar-refractivity contribution in [1.29, 1.82) is 0 Å². The maximum Gasteiger partial charge on any atom is 0.304 e. The molecule has 0 spiro atoms. The Morgan fingerprint density at radius 1 is 1.24 bits per heavy atom. The smallest absolute Gasteiger partial charge is 0.304 e. The maximum atomic E-state index is 10.6. The molecule has 0 aromatic rings. The fraction of sp³-hybridized carbons (Fsp3) is 0.762. The highest BCUT2D eigenvalue weighted by Crippen LogP contribution is 2.29. The fourth-order valence-corrected chi connectivity index (χ4v) is 3.57. The third-order valence-corrected chi connectivity index (χ3v) is 5.05. The average molecular weight is 352 g/mol. The second kappa shape index (κ2) is 14.1. The molecule has 0 unspecified atom stereocenters. The van der Waals surface area contributed by atoms with Crippen molar-refractivity contribution in [3.05, 3.63) is 23.8 Å². The molecule has 1 aliphatic carbocycles. The van der Waals surface area contributed by atoms with Crippen LogP contribution < -0.4 is 5.73 Å². The SMILES string of the molecule is NCCC1=C[C@@H](CCCCCCCC/C=C/[C@H](CO)CC(=O)O)CC1. The maximum absolute atomic E-state index is 10.6. The first-order chi connectivity index (χ1) is 12.2. The van der Waals surface area contributed by atoms with Crippen LogP contribution >= 0.6 is 0 Å². The Balaban J connectivity index is 1.93.